The van der Waals surface area contributed by atoms with E-state index in [0.717, 1.165) is 51.6 Å². The van der Waals surface area contributed by atoms with E-state index >= 15 is 0 Å². The number of pyridine rings is 1. The second-order valence-corrected chi connectivity index (χ2v) is 13.5. The van der Waals surface area contributed by atoms with Crippen molar-refractivity contribution in [3.8, 4) is 0 Å². The summed E-state index contributed by atoms with van der Waals surface area (Å²) in [5, 5.41) is 15.5. The van der Waals surface area contributed by atoms with Gasteiger partial charge in [0, 0.05) is 67.5 Å². The van der Waals surface area contributed by atoms with E-state index in [0.29, 0.717) is 24.2 Å². The van der Waals surface area contributed by atoms with Gasteiger partial charge in [0.1, 0.15) is 0 Å². The van der Waals surface area contributed by atoms with Crippen molar-refractivity contribution in [2.45, 2.75) is 107 Å². The van der Waals surface area contributed by atoms with Crippen LogP contribution >= 0.6 is 32.0 Å². The topological polar surface area (TPSA) is 64.2 Å². The number of fused-ring (bicyclic) bond motifs is 4. The van der Waals surface area contributed by atoms with Gasteiger partial charge in [0.2, 0.25) is 0 Å². The average Bonchev–Trinajstić information content (AvgIpc) is 2.92. The average molecular weight is 615 g/mol. The van der Waals surface area contributed by atoms with Crippen LogP contribution in [0.3, 0.4) is 0 Å². The molecule has 2 fully saturated rings. The van der Waals surface area contributed by atoms with E-state index in [4.69, 9.17) is 25.2 Å². The van der Waals surface area contributed by atoms with Gasteiger partial charge in [-0.1, -0.05) is 39.5 Å². The monoisotopic (exact) mass is 613 g/mol. The zero-order valence-corrected chi connectivity index (χ0v) is 26.2. The van der Waals surface area contributed by atoms with Gasteiger partial charge in [-0.2, -0.15) is 0 Å². The van der Waals surface area contributed by atoms with E-state index < -0.39 is 0 Å². The van der Waals surface area contributed by atoms with Crippen molar-refractivity contribution < 1.29 is 13.1 Å². The molecule has 37 heavy (non-hydrogen) atoms. The van der Waals surface area contributed by atoms with Crippen LogP contribution in [-0.2, 0) is 26.2 Å². The van der Waals surface area contributed by atoms with Crippen molar-refractivity contribution in [1.82, 2.24) is 31.2 Å². The van der Waals surface area contributed by atoms with Gasteiger partial charge in [-0.15, -0.1) is 11.8 Å². The number of thioether (sulfide) groups is 1. The Kier molecular flexibility index (Phi) is 16.1. The van der Waals surface area contributed by atoms with Gasteiger partial charge < -0.3 is 26.2 Å². The van der Waals surface area contributed by atoms with Crippen LogP contribution in [0.2, 0.25) is 0 Å². The van der Waals surface area contributed by atoms with Crippen LogP contribution in [0, 0.1) is 0 Å². The summed E-state index contributed by atoms with van der Waals surface area (Å²) in [5.74, 6) is 1.13. The first-order valence-corrected chi connectivity index (χ1v) is 18.6. The second kappa shape index (κ2) is 18.7. The van der Waals surface area contributed by atoms with Crippen LogP contribution in [0.4, 0.5) is 0 Å². The van der Waals surface area contributed by atoms with Crippen LogP contribution < -0.4 is 21.3 Å². The van der Waals surface area contributed by atoms with Gasteiger partial charge in [-0.3, -0.25) is 4.98 Å². The van der Waals surface area contributed by atoms with Crippen molar-refractivity contribution in [2.75, 3.05) is 38.5 Å². The Labute approximate surface area is 244 Å². The summed E-state index contributed by atoms with van der Waals surface area (Å²) in [6, 6.07) is 6.90. The molecule has 0 aromatic carbocycles. The van der Waals surface area contributed by atoms with E-state index in [2.05, 4.69) is 52.1 Å². The van der Waals surface area contributed by atoms with Gasteiger partial charge in [0.25, 0.3) is 0 Å². The Morgan fingerprint density at radius 2 is 1.24 bits per heavy atom. The summed E-state index contributed by atoms with van der Waals surface area (Å²) in [7, 11) is 9.59. The number of hydrogen-bond donors (Lipinski definition) is 4. The van der Waals surface area contributed by atoms with E-state index in [1.54, 1.807) is 0 Å². The fourth-order valence-electron chi connectivity index (χ4n) is 5.94. The predicted octanol–water partition coefficient (Wildman–Crippen LogP) is 4.89. The molecule has 213 valence electrons. The molecule has 4 rings (SSSR count). The third kappa shape index (κ3) is 11.4. The molecule has 2 bridgehead atoms. The first-order chi connectivity index (χ1) is 18.2. The Bertz CT molecular complexity index is 711. The Morgan fingerprint density at radius 1 is 0.811 bits per heavy atom. The van der Waals surface area contributed by atoms with Crippen molar-refractivity contribution in [2.24, 2.45) is 0 Å². The molecular formula is C27H48Cl2MnN6S. The molecule has 0 radical (unpaired) electrons. The quantitative estimate of drug-likeness (QED) is 0.269. The fourth-order valence-corrected chi connectivity index (χ4v) is 6.97. The molecule has 4 N–H and O–H groups in total. The predicted molar refractivity (Wildman–Crippen MR) is 156 cm³/mol. The molecule has 1 aromatic heterocycles. The number of nitrogens with zero attached hydrogens (tertiary/aromatic N) is 2. The first kappa shape index (κ1) is 31.9. The number of halogens is 2. The second-order valence-electron chi connectivity index (χ2n) is 10.4. The van der Waals surface area contributed by atoms with Crippen molar-refractivity contribution in [3.63, 3.8) is 0 Å². The summed E-state index contributed by atoms with van der Waals surface area (Å²) in [6.07, 6.45) is 10.5. The van der Waals surface area contributed by atoms with E-state index in [1.807, 2.05) is 11.8 Å². The Balaban J connectivity index is 0.00000121. The van der Waals surface area contributed by atoms with Crippen molar-refractivity contribution >= 4 is 32.0 Å². The van der Waals surface area contributed by atoms with Crippen LogP contribution in [0.1, 0.15) is 76.6 Å². The van der Waals surface area contributed by atoms with Crippen LogP contribution in [0.25, 0.3) is 0 Å². The zero-order valence-electron chi connectivity index (χ0n) is 22.7. The third-order valence-electron chi connectivity index (χ3n) is 8.04. The summed E-state index contributed by atoms with van der Waals surface area (Å²) < 4.78 is 0. The summed E-state index contributed by atoms with van der Waals surface area (Å²) >= 11 is 2.00. The molecule has 10 heteroatoms. The van der Waals surface area contributed by atoms with Gasteiger partial charge in [0.15, 0.2) is 0 Å². The van der Waals surface area contributed by atoms with Gasteiger partial charge >= 0.3 is 33.3 Å². The summed E-state index contributed by atoms with van der Waals surface area (Å²) in [4.78, 5) is 8.98. The van der Waals surface area contributed by atoms with Crippen LogP contribution in [0.5, 0.6) is 0 Å². The molecular weight excluding hydrogens is 566 g/mol. The summed E-state index contributed by atoms with van der Waals surface area (Å²) in [6.45, 7) is 11.8. The minimum absolute atomic E-state index is 0.00694. The molecule has 0 unspecified atom stereocenters. The maximum absolute atomic E-state index is 5.11. The molecule has 1 aliphatic heterocycles. The molecule has 2 heterocycles. The number of aromatic nitrogens is 1. The van der Waals surface area contributed by atoms with Gasteiger partial charge in [-0.25, -0.2) is 0 Å². The first-order valence-electron chi connectivity index (χ1n) is 14.3. The molecule has 2 aliphatic carbocycles. The molecule has 0 spiro atoms. The molecule has 0 saturated heterocycles. The van der Waals surface area contributed by atoms with Crippen molar-refractivity contribution in [1.29, 1.82) is 0 Å². The Hall–Kier alpha value is 0.399. The van der Waals surface area contributed by atoms with Crippen molar-refractivity contribution in [3.05, 3.63) is 23.5 Å². The molecule has 2 saturated carbocycles. The number of hydrogen-bond acceptors (Lipinski definition) is 7. The minimum atomic E-state index is 0.00694. The van der Waals surface area contributed by atoms with E-state index in [1.165, 1.54) is 67.6 Å². The van der Waals surface area contributed by atoms with Crippen LogP contribution in [0.15, 0.2) is 17.0 Å². The van der Waals surface area contributed by atoms with Gasteiger partial charge in [-0.05, 0) is 50.9 Å². The third-order valence-corrected chi connectivity index (χ3v) is 8.99. The standard InChI is InChI=1S/C27H48N6S.2ClH.Mn/c1-3-33(4-2)15-16-34-23-17-21-19-30-26-11-7-5-9-24(26)28-13-14-29-25-10-6-8-12-27(25)31-20-22(18-23)32-21;;;/h17-18,24-31H,3-16,19-20H2,1-2H3;2*1H;/q;;;+2/p-2/t24-,25-,26-,27-;;;/m1.../s1. The maximum atomic E-state index is 5.11. The molecule has 4 atom stereocenters. The zero-order chi connectivity index (χ0) is 26.3. The normalized spacial score (nSPS) is 27.2. The molecule has 0 amide bonds. The van der Waals surface area contributed by atoms with E-state index in [9.17, 15) is 0 Å². The number of rotatable bonds is 6. The Morgan fingerprint density at radius 3 is 1.68 bits per heavy atom. The fraction of sp³-hybridized carbons (Fsp3) is 0.815. The van der Waals surface area contributed by atoms with E-state index in [-0.39, 0.29) is 13.1 Å². The van der Waals surface area contributed by atoms with Crippen LogP contribution in [-0.4, -0.2) is 72.5 Å². The summed E-state index contributed by atoms with van der Waals surface area (Å²) in [5.41, 5.74) is 2.39. The molecule has 6 nitrogen and oxygen atoms in total. The molecule has 1 aromatic rings. The molecule has 3 aliphatic rings. The SMILES string of the molecule is CCN(CC)CCSc1cc2nc(c1)CN[C@@H]1CCCC[C@H]1NCCN[C@@H]1CCCC[C@H]1NC2.[Cl][Mn][Cl]. The van der Waals surface area contributed by atoms with Gasteiger partial charge in [0.05, 0.1) is 11.4 Å². The number of nitrogens with one attached hydrogen (secondary N) is 4.